The van der Waals surface area contributed by atoms with E-state index in [2.05, 4.69) is 26.2 Å². The van der Waals surface area contributed by atoms with E-state index in [1.54, 1.807) is 12.1 Å². The zero-order valence-electron chi connectivity index (χ0n) is 12.9. The van der Waals surface area contributed by atoms with Gasteiger partial charge in [0.15, 0.2) is 11.7 Å². The van der Waals surface area contributed by atoms with Gasteiger partial charge >= 0.3 is 0 Å². The summed E-state index contributed by atoms with van der Waals surface area (Å²) in [7, 11) is 0. The van der Waals surface area contributed by atoms with E-state index >= 15 is 0 Å². The molecule has 0 aliphatic rings. The minimum absolute atomic E-state index is 0.0783. The molecule has 24 heavy (non-hydrogen) atoms. The lowest BCUT2D eigenvalue weighted by Gasteiger charge is -2.07. The molecule has 1 aromatic heterocycles. The first-order chi connectivity index (χ1) is 11.7. The van der Waals surface area contributed by atoms with Crippen molar-refractivity contribution in [3.05, 3.63) is 46.9 Å². The SMILES string of the molecule is CCOc1ccc(OCC(=O)Nc2nc3c(Br)cccc3s2)cc1. The van der Waals surface area contributed by atoms with Gasteiger partial charge < -0.3 is 9.47 Å². The largest absolute Gasteiger partial charge is 0.494 e. The minimum atomic E-state index is -0.251. The average molecular weight is 407 g/mol. The second-order valence-corrected chi connectivity index (χ2v) is 6.73. The van der Waals surface area contributed by atoms with Crippen LogP contribution in [0.25, 0.3) is 10.2 Å². The third-order valence-corrected chi connectivity index (χ3v) is 4.70. The first-order valence-electron chi connectivity index (χ1n) is 7.36. The molecule has 5 nitrogen and oxygen atoms in total. The summed E-state index contributed by atoms with van der Waals surface area (Å²) in [5.74, 6) is 1.13. The number of carbonyl (C=O) groups excluding carboxylic acids is 1. The van der Waals surface area contributed by atoms with E-state index in [0.29, 0.717) is 17.5 Å². The molecular formula is C17H15BrN2O3S. The van der Waals surface area contributed by atoms with Gasteiger partial charge in [-0.2, -0.15) is 0 Å². The Balaban J connectivity index is 1.57. The van der Waals surface area contributed by atoms with Gasteiger partial charge in [-0.15, -0.1) is 0 Å². The Hall–Kier alpha value is -2.12. The van der Waals surface area contributed by atoms with Crippen molar-refractivity contribution in [1.82, 2.24) is 4.98 Å². The molecule has 124 valence electrons. The summed E-state index contributed by atoms with van der Waals surface area (Å²) >= 11 is 4.87. The molecule has 1 N–H and O–H groups in total. The molecule has 0 bridgehead atoms. The number of carbonyl (C=O) groups is 1. The monoisotopic (exact) mass is 406 g/mol. The van der Waals surface area contributed by atoms with Gasteiger partial charge in [0, 0.05) is 4.47 Å². The molecule has 0 radical (unpaired) electrons. The Morgan fingerprint density at radius 2 is 1.88 bits per heavy atom. The maximum absolute atomic E-state index is 12.0. The number of anilines is 1. The number of hydrogen-bond acceptors (Lipinski definition) is 5. The predicted molar refractivity (Wildman–Crippen MR) is 99.1 cm³/mol. The molecule has 1 amide bonds. The first-order valence-corrected chi connectivity index (χ1v) is 8.97. The van der Waals surface area contributed by atoms with E-state index in [9.17, 15) is 4.79 Å². The Kier molecular flexibility index (Phi) is 5.32. The number of nitrogens with one attached hydrogen (secondary N) is 1. The highest BCUT2D eigenvalue weighted by molar-refractivity contribution is 9.10. The number of benzene rings is 2. The molecule has 3 rings (SSSR count). The maximum Gasteiger partial charge on any atom is 0.264 e. The molecule has 0 saturated carbocycles. The van der Waals surface area contributed by atoms with Crippen molar-refractivity contribution >= 4 is 48.5 Å². The van der Waals surface area contributed by atoms with Crippen LogP contribution < -0.4 is 14.8 Å². The highest BCUT2D eigenvalue weighted by Crippen LogP contribution is 2.30. The van der Waals surface area contributed by atoms with Gasteiger partial charge in [0.2, 0.25) is 0 Å². The summed E-state index contributed by atoms with van der Waals surface area (Å²) < 4.78 is 12.7. The van der Waals surface area contributed by atoms with Gasteiger partial charge in [0.25, 0.3) is 5.91 Å². The number of nitrogens with zero attached hydrogens (tertiary/aromatic N) is 1. The lowest BCUT2D eigenvalue weighted by molar-refractivity contribution is -0.118. The molecule has 2 aromatic carbocycles. The molecule has 3 aromatic rings. The van der Waals surface area contributed by atoms with Crippen LogP contribution in [0.5, 0.6) is 11.5 Å². The average Bonchev–Trinajstić information content (AvgIpc) is 2.98. The molecule has 0 aliphatic carbocycles. The fourth-order valence-electron chi connectivity index (χ4n) is 2.07. The van der Waals surface area contributed by atoms with Gasteiger partial charge in [-0.05, 0) is 59.3 Å². The van der Waals surface area contributed by atoms with Crippen molar-refractivity contribution in [2.75, 3.05) is 18.5 Å². The van der Waals surface area contributed by atoms with Gasteiger partial charge in [0.05, 0.1) is 16.8 Å². The van der Waals surface area contributed by atoms with Crippen molar-refractivity contribution < 1.29 is 14.3 Å². The van der Waals surface area contributed by atoms with E-state index in [0.717, 1.165) is 20.4 Å². The summed E-state index contributed by atoms with van der Waals surface area (Å²) in [6.07, 6.45) is 0. The molecule has 0 aliphatic heterocycles. The molecule has 1 heterocycles. The van der Waals surface area contributed by atoms with Crippen LogP contribution in [0.3, 0.4) is 0 Å². The maximum atomic E-state index is 12.0. The Morgan fingerprint density at radius 1 is 1.17 bits per heavy atom. The smallest absolute Gasteiger partial charge is 0.264 e. The van der Waals surface area contributed by atoms with Gasteiger partial charge in [-0.1, -0.05) is 17.4 Å². The van der Waals surface area contributed by atoms with E-state index in [1.807, 2.05) is 37.3 Å². The molecule has 0 spiro atoms. The summed E-state index contributed by atoms with van der Waals surface area (Å²) in [5, 5.41) is 3.31. The topological polar surface area (TPSA) is 60.5 Å². The number of para-hydroxylation sites is 1. The van der Waals surface area contributed by atoms with Gasteiger partial charge in [0.1, 0.15) is 11.5 Å². The standard InChI is InChI=1S/C17H15BrN2O3S/c1-2-22-11-6-8-12(9-7-11)23-10-15(21)19-17-20-16-13(18)4-3-5-14(16)24-17/h3-9H,2,10H2,1H3,(H,19,20,21). The van der Waals surface area contributed by atoms with Crippen LogP contribution >= 0.6 is 27.3 Å². The van der Waals surface area contributed by atoms with Crippen LogP contribution in [0.1, 0.15) is 6.92 Å². The van der Waals surface area contributed by atoms with Crippen molar-refractivity contribution in [3.8, 4) is 11.5 Å². The van der Waals surface area contributed by atoms with E-state index in [1.165, 1.54) is 11.3 Å². The quantitative estimate of drug-likeness (QED) is 0.655. The summed E-state index contributed by atoms with van der Waals surface area (Å²) in [6, 6.07) is 13.0. The normalized spacial score (nSPS) is 10.6. The van der Waals surface area contributed by atoms with Crippen molar-refractivity contribution in [2.45, 2.75) is 6.92 Å². The molecule has 7 heteroatoms. The van der Waals surface area contributed by atoms with Gasteiger partial charge in [-0.25, -0.2) is 4.98 Å². The highest BCUT2D eigenvalue weighted by Gasteiger charge is 2.10. The predicted octanol–water partition coefficient (Wildman–Crippen LogP) is 4.48. The second-order valence-electron chi connectivity index (χ2n) is 4.85. The van der Waals surface area contributed by atoms with Crippen molar-refractivity contribution in [3.63, 3.8) is 0 Å². The molecule has 0 atom stereocenters. The Morgan fingerprint density at radius 3 is 2.54 bits per heavy atom. The zero-order chi connectivity index (χ0) is 16.9. The van der Waals surface area contributed by atoms with Crippen LogP contribution in [-0.2, 0) is 4.79 Å². The third kappa shape index (κ3) is 4.04. The Bertz CT molecular complexity index is 849. The highest BCUT2D eigenvalue weighted by atomic mass is 79.9. The van der Waals surface area contributed by atoms with E-state index in [-0.39, 0.29) is 12.5 Å². The number of rotatable bonds is 6. The molecule has 0 fully saturated rings. The van der Waals surface area contributed by atoms with E-state index < -0.39 is 0 Å². The zero-order valence-corrected chi connectivity index (χ0v) is 15.3. The van der Waals surface area contributed by atoms with Gasteiger partial charge in [-0.3, -0.25) is 10.1 Å². The van der Waals surface area contributed by atoms with Crippen LogP contribution in [0.15, 0.2) is 46.9 Å². The fourth-order valence-corrected chi connectivity index (χ4v) is 3.57. The first kappa shape index (κ1) is 16.7. The minimum Gasteiger partial charge on any atom is -0.494 e. The third-order valence-electron chi connectivity index (χ3n) is 3.12. The number of thiazole rings is 1. The van der Waals surface area contributed by atoms with Crippen molar-refractivity contribution in [1.29, 1.82) is 0 Å². The molecule has 0 saturated heterocycles. The van der Waals surface area contributed by atoms with Crippen LogP contribution in [0.4, 0.5) is 5.13 Å². The molecule has 0 unspecified atom stereocenters. The second kappa shape index (κ2) is 7.63. The summed E-state index contributed by atoms with van der Waals surface area (Å²) in [6.45, 7) is 2.46. The van der Waals surface area contributed by atoms with Crippen molar-refractivity contribution in [2.24, 2.45) is 0 Å². The number of amides is 1. The molecular weight excluding hydrogens is 392 g/mol. The van der Waals surface area contributed by atoms with Crippen LogP contribution in [0, 0.1) is 0 Å². The Labute approximate surface area is 151 Å². The summed E-state index contributed by atoms with van der Waals surface area (Å²) in [5.41, 5.74) is 0.838. The number of ether oxygens (including phenoxy) is 2. The lowest BCUT2D eigenvalue weighted by atomic mass is 10.3. The fraction of sp³-hybridized carbons (Fsp3) is 0.176. The number of halogens is 1. The number of hydrogen-bond donors (Lipinski definition) is 1. The van der Waals surface area contributed by atoms with E-state index in [4.69, 9.17) is 9.47 Å². The van der Waals surface area contributed by atoms with Crippen LogP contribution in [-0.4, -0.2) is 24.1 Å². The summed E-state index contributed by atoms with van der Waals surface area (Å²) in [4.78, 5) is 16.4. The lowest BCUT2D eigenvalue weighted by Crippen LogP contribution is -2.19. The number of aromatic nitrogens is 1. The van der Waals surface area contributed by atoms with Crippen LogP contribution in [0.2, 0.25) is 0 Å². The number of fused-ring (bicyclic) bond motifs is 1.